The van der Waals surface area contributed by atoms with Crippen LogP contribution in [-0.2, 0) is 13.0 Å². The molecule has 1 atom stereocenters. The summed E-state index contributed by atoms with van der Waals surface area (Å²) in [5, 5.41) is 0. The molecule has 1 aromatic carbocycles. The number of hydrogen-bond acceptors (Lipinski definition) is 9. The van der Waals surface area contributed by atoms with Crippen LogP contribution in [-0.4, -0.2) is 31.4 Å². The summed E-state index contributed by atoms with van der Waals surface area (Å²) in [5.41, 5.74) is 7.56. The second kappa shape index (κ2) is 24.4. The van der Waals surface area contributed by atoms with E-state index in [0.29, 0.717) is 22.3 Å². The third kappa shape index (κ3) is 11.6. The molecule has 7 aromatic heterocycles. The Kier molecular flexibility index (Phi) is 18.2. The van der Waals surface area contributed by atoms with Gasteiger partial charge in [-0.1, -0.05) is 156 Å². The molecule has 0 saturated heterocycles. The molecule has 0 radical (unpaired) electrons. The van der Waals surface area contributed by atoms with Crippen LogP contribution in [0.3, 0.4) is 0 Å². The van der Waals surface area contributed by atoms with Gasteiger partial charge in [0.15, 0.2) is 0 Å². The van der Waals surface area contributed by atoms with E-state index in [2.05, 4.69) is 92.6 Å². The minimum Gasteiger partial charge on any atom is -0.372 e. The number of benzene rings is 1. The fourth-order valence-electron chi connectivity index (χ4n) is 9.73. The van der Waals surface area contributed by atoms with Gasteiger partial charge < -0.3 is 9.47 Å². The van der Waals surface area contributed by atoms with E-state index in [4.69, 9.17) is 13.7 Å². The van der Waals surface area contributed by atoms with Crippen LogP contribution < -0.4 is 4.90 Å². The van der Waals surface area contributed by atoms with Crippen LogP contribution >= 0.6 is 57.1 Å². The number of unbranched alkanes of at least 4 members (excludes halogenated alkanes) is 14. The zero-order chi connectivity index (χ0) is 45.8. The molecule has 0 amide bonds. The number of hydrogen-bond donors (Lipinski definition) is 0. The average Bonchev–Trinajstić information content (AvgIpc) is 4.20. The lowest BCUT2D eigenvalue weighted by atomic mass is 9.95. The monoisotopic (exact) mass is 981 g/mol. The van der Waals surface area contributed by atoms with Gasteiger partial charge in [0.2, 0.25) is 5.95 Å². The summed E-state index contributed by atoms with van der Waals surface area (Å²) in [6, 6.07) is 18.4. The molecular formula is C55H72FN5S5. The number of nitrogens with zero attached hydrogens (tertiary/aromatic N) is 5. The third-order valence-corrected chi connectivity index (χ3v) is 19.0. The van der Waals surface area contributed by atoms with E-state index in [1.807, 2.05) is 11.3 Å². The Balaban J connectivity index is 1.02. The number of anilines is 1. The van der Waals surface area contributed by atoms with Gasteiger partial charge in [0, 0.05) is 49.4 Å². The van der Waals surface area contributed by atoms with Crippen LogP contribution in [0.1, 0.15) is 168 Å². The number of aryl methyl sites for hydroxylation is 1. The van der Waals surface area contributed by atoms with Crippen LogP contribution in [0, 0.1) is 11.9 Å². The maximum atomic E-state index is 16.6. The first-order chi connectivity index (χ1) is 32.4. The van der Waals surface area contributed by atoms with E-state index in [1.54, 1.807) is 34.0 Å². The number of fused-ring (bicyclic) bond motifs is 5. The smallest absolute Gasteiger partial charge is 0.224 e. The molecule has 5 nitrogen and oxygen atoms in total. The fraction of sp³-hybridized carbons (Fsp3) is 0.545. The zero-order valence-electron chi connectivity index (χ0n) is 40.3. The fourth-order valence-corrected chi connectivity index (χ4v) is 15.3. The lowest BCUT2D eigenvalue weighted by Crippen LogP contribution is -2.25. The minimum atomic E-state index is -0.469. The predicted molar refractivity (Wildman–Crippen MR) is 294 cm³/mol. The molecule has 0 bridgehead atoms. The van der Waals surface area contributed by atoms with Gasteiger partial charge in [-0.2, -0.15) is 13.1 Å². The van der Waals surface area contributed by atoms with Gasteiger partial charge in [0.1, 0.15) is 16.7 Å². The minimum absolute atomic E-state index is 0.469. The molecule has 354 valence electrons. The first-order valence-electron chi connectivity index (χ1n) is 25.7. The number of thiophene rings is 4. The van der Waals surface area contributed by atoms with Crippen molar-refractivity contribution in [3.63, 3.8) is 0 Å². The summed E-state index contributed by atoms with van der Waals surface area (Å²) >= 11 is 8.28. The first kappa shape index (κ1) is 49.2. The summed E-state index contributed by atoms with van der Waals surface area (Å²) in [6.45, 7) is 14.8. The van der Waals surface area contributed by atoms with Gasteiger partial charge in [-0.15, -0.1) is 45.3 Å². The molecule has 0 spiro atoms. The van der Waals surface area contributed by atoms with Crippen molar-refractivity contribution in [2.75, 3.05) is 18.0 Å². The quantitative estimate of drug-likeness (QED) is 0.0346. The summed E-state index contributed by atoms with van der Waals surface area (Å²) in [4.78, 5) is 11.9. The Labute approximate surface area is 414 Å². The van der Waals surface area contributed by atoms with Crippen LogP contribution in [0.25, 0.3) is 72.3 Å². The molecule has 8 aromatic rings. The standard InChI is InChI=1S/C55H72FN5S5/c1-6-11-15-18-20-22-30-60(31-23-21-19-16-12-7-2)40-28-26-39(27-29-40)44-36-45-46(63-44)37-47(64-45)49-51-52(59-66-58-51)50(57-55(49)56)48-35-43-54(65-48)53-42(61(43)32-24-17-13-8-3)34-41(62-53)33-38(10-5)25-14-9-4/h26-29,34-38H,6-25,30-33H2,1-5H3. The second-order valence-electron chi connectivity index (χ2n) is 18.7. The Hall–Kier alpha value is -3.22. The van der Waals surface area contributed by atoms with E-state index in [9.17, 15) is 0 Å². The van der Waals surface area contributed by atoms with Crippen molar-refractivity contribution in [3.05, 3.63) is 59.4 Å². The number of halogens is 1. The van der Waals surface area contributed by atoms with E-state index in [-0.39, 0.29) is 0 Å². The predicted octanol–water partition coefficient (Wildman–Crippen LogP) is 19.6. The lowest BCUT2D eigenvalue weighted by molar-refractivity contribution is 0.452. The summed E-state index contributed by atoms with van der Waals surface area (Å²) in [6.07, 6.45) is 27.0. The molecule has 0 aliphatic heterocycles. The Morgan fingerprint density at radius 1 is 0.591 bits per heavy atom. The zero-order valence-corrected chi connectivity index (χ0v) is 44.4. The largest absolute Gasteiger partial charge is 0.372 e. The highest BCUT2D eigenvalue weighted by molar-refractivity contribution is 7.31. The van der Waals surface area contributed by atoms with E-state index in [0.717, 1.165) is 69.3 Å². The van der Waals surface area contributed by atoms with Crippen molar-refractivity contribution < 1.29 is 4.39 Å². The normalized spacial score (nSPS) is 12.6. The van der Waals surface area contributed by atoms with E-state index < -0.39 is 5.95 Å². The van der Waals surface area contributed by atoms with E-state index >= 15 is 4.39 Å². The van der Waals surface area contributed by atoms with Gasteiger partial charge >= 0.3 is 0 Å². The Morgan fingerprint density at radius 2 is 1.18 bits per heavy atom. The maximum absolute atomic E-state index is 16.6. The molecule has 0 fully saturated rings. The van der Waals surface area contributed by atoms with Crippen molar-refractivity contribution in [2.45, 2.75) is 176 Å². The van der Waals surface area contributed by atoms with Crippen LogP contribution in [0.4, 0.5) is 10.1 Å². The average molecular weight is 983 g/mol. The third-order valence-electron chi connectivity index (χ3n) is 13.7. The van der Waals surface area contributed by atoms with Crippen LogP contribution in [0.15, 0.2) is 48.5 Å². The molecule has 66 heavy (non-hydrogen) atoms. The highest BCUT2D eigenvalue weighted by Gasteiger charge is 2.26. The molecule has 7 heterocycles. The van der Waals surface area contributed by atoms with Crippen molar-refractivity contribution in [1.82, 2.24) is 18.3 Å². The summed E-state index contributed by atoms with van der Waals surface area (Å²) in [5.74, 6) is 0.258. The van der Waals surface area contributed by atoms with Crippen molar-refractivity contribution >= 4 is 104 Å². The van der Waals surface area contributed by atoms with Crippen LogP contribution in [0.5, 0.6) is 0 Å². The topological polar surface area (TPSA) is 46.8 Å². The van der Waals surface area contributed by atoms with Crippen LogP contribution in [0.2, 0.25) is 0 Å². The molecular weight excluding hydrogens is 910 g/mol. The highest BCUT2D eigenvalue weighted by atomic mass is 32.1. The van der Waals surface area contributed by atoms with Gasteiger partial charge in [-0.05, 0) is 73.6 Å². The summed E-state index contributed by atoms with van der Waals surface area (Å²) < 4.78 is 33.7. The molecule has 0 aliphatic carbocycles. The van der Waals surface area contributed by atoms with Crippen molar-refractivity contribution in [2.24, 2.45) is 5.92 Å². The number of aromatic nitrogens is 4. The Bertz CT molecular complexity index is 2680. The second-order valence-corrected chi connectivity index (χ2v) is 23.6. The lowest BCUT2D eigenvalue weighted by Gasteiger charge is -2.25. The molecule has 1 unspecified atom stereocenters. The molecule has 0 aliphatic rings. The molecule has 8 rings (SSSR count). The van der Waals surface area contributed by atoms with E-state index in [1.165, 1.54) is 163 Å². The van der Waals surface area contributed by atoms with Gasteiger partial charge in [-0.3, -0.25) is 0 Å². The molecule has 0 saturated carbocycles. The van der Waals surface area contributed by atoms with Gasteiger partial charge in [0.05, 0.1) is 42.6 Å². The number of rotatable bonds is 29. The number of pyridine rings is 1. The maximum Gasteiger partial charge on any atom is 0.224 e. The van der Waals surface area contributed by atoms with Gasteiger partial charge in [0.25, 0.3) is 0 Å². The van der Waals surface area contributed by atoms with Crippen molar-refractivity contribution in [3.8, 4) is 31.5 Å². The summed E-state index contributed by atoms with van der Waals surface area (Å²) in [7, 11) is 0. The van der Waals surface area contributed by atoms with Gasteiger partial charge in [-0.25, -0.2) is 4.98 Å². The highest BCUT2D eigenvalue weighted by Crippen LogP contribution is 2.48. The Morgan fingerprint density at radius 3 is 1.86 bits per heavy atom. The van der Waals surface area contributed by atoms with Crippen molar-refractivity contribution in [1.29, 1.82) is 0 Å². The molecule has 11 heteroatoms. The first-order valence-corrected chi connectivity index (χ1v) is 29.7. The molecule has 0 N–H and O–H groups in total. The SMILES string of the molecule is CCCCCCCCN(CCCCCCCC)c1ccc(-c2cc3sc(-c4c(F)nc(-c5cc6c(s5)c5sc(CC(CC)CCCC)cc5n6CCCCCC)c5nsnc45)cc3s2)cc1.